The number of hydrogen-bond acceptors (Lipinski definition) is 2. The van der Waals surface area contributed by atoms with Gasteiger partial charge in [-0.2, -0.15) is 0 Å². The van der Waals surface area contributed by atoms with Gasteiger partial charge in [0.25, 0.3) is 0 Å². The van der Waals surface area contributed by atoms with E-state index in [1.807, 2.05) is 13.1 Å². The average Bonchev–Trinajstić information content (AvgIpc) is 2.75. The van der Waals surface area contributed by atoms with Gasteiger partial charge in [0.1, 0.15) is 0 Å². The molecule has 1 fully saturated rings. The normalized spacial score (nSPS) is 25.3. The van der Waals surface area contributed by atoms with E-state index in [1.54, 1.807) is 0 Å². The maximum atomic E-state index is 6.31. The van der Waals surface area contributed by atoms with Gasteiger partial charge in [-0.1, -0.05) is 23.7 Å². The molecule has 1 aliphatic rings. The SMILES string of the molecule is CNC(Cc1ccc(C)cc1Cl)C1CCOC1C. The fraction of sp³-hybridized carbons (Fsp3) is 0.600. The molecule has 18 heavy (non-hydrogen) atoms. The van der Waals surface area contributed by atoms with Gasteiger partial charge in [0.2, 0.25) is 0 Å². The summed E-state index contributed by atoms with van der Waals surface area (Å²) in [6, 6.07) is 6.74. The minimum atomic E-state index is 0.340. The van der Waals surface area contributed by atoms with Crippen LogP contribution < -0.4 is 5.32 Å². The van der Waals surface area contributed by atoms with Gasteiger partial charge in [0, 0.05) is 23.6 Å². The number of benzene rings is 1. The fourth-order valence-corrected chi connectivity index (χ4v) is 3.11. The molecular formula is C15H22ClNO. The van der Waals surface area contributed by atoms with Crippen LogP contribution in [0.15, 0.2) is 18.2 Å². The van der Waals surface area contributed by atoms with Gasteiger partial charge in [-0.25, -0.2) is 0 Å². The van der Waals surface area contributed by atoms with Crippen molar-refractivity contribution in [1.82, 2.24) is 5.32 Å². The molecule has 0 amide bonds. The smallest absolute Gasteiger partial charge is 0.0590 e. The molecular weight excluding hydrogens is 246 g/mol. The lowest BCUT2D eigenvalue weighted by atomic mass is 9.89. The highest BCUT2D eigenvalue weighted by Crippen LogP contribution is 2.28. The Hall–Kier alpha value is -0.570. The molecule has 2 rings (SSSR count). The number of halogens is 1. The zero-order valence-electron chi connectivity index (χ0n) is 11.4. The first-order valence-corrected chi connectivity index (χ1v) is 7.03. The summed E-state index contributed by atoms with van der Waals surface area (Å²) in [6.45, 7) is 5.11. The van der Waals surface area contributed by atoms with Crippen molar-refractivity contribution in [2.75, 3.05) is 13.7 Å². The molecule has 2 nitrogen and oxygen atoms in total. The summed E-state index contributed by atoms with van der Waals surface area (Å²) in [5.74, 6) is 0.576. The maximum absolute atomic E-state index is 6.31. The van der Waals surface area contributed by atoms with Gasteiger partial charge in [0.05, 0.1) is 6.10 Å². The summed E-state index contributed by atoms with van der Waals surface area (Å²) in [4.78, 5) is 0. The Balaban J connectivity index is 2.10. The first-order chi connectivity index (χ1) is 8.61. The number of ether oxygens (including phenoxy) is 1. The van der Waals surface area contributed by atoms with E-state index in [9.17, 15) is 0 Å². The van der Waals surface area contributed by atoms with Crippen molar-refractivity contribution in [3.8, 4) is 0 Å². The van der Waals surface area contributed by atoms with E-state index in [2.05, 4.69) is 31.3 Å². The topological polar surface area (TPSA) is 21.3 Å². The predicted octanol–water partition coefficient (Wildman–Crippen LogP) is 3.20. The lowest BCUT2D eigenvalue weighted by Crippen LogP contribution is -2.38. The highest BCUT2D eigenvalue weighted by molar-refractivity contribution is 6.31. The molecule has 3 unspecified atom stereocenters. The third-order valence-corrected chi connectivity index (χ3v) is 4.32. The molecule has 1 aromatic carbocycles. The van der Waals surface area contributed by atoms with Gasteiger partial charge in [-0.15, -0.1) is 0 Å². The average molecular weight is 268 g/mol. The van der Waals surface area contributed by atoms with Gasteiger partial charge < -0.3 is 10.1 Å². The number of rotatable bonds is 4. The highest BCUT2D eigenvalue weighted by Gasteiger charge is 2.31. The molecule has 1 aromatic rings. The minimum absolute atomic E-state index is 0.340. The molecule has 3 atom stereocenters. The second kappa shape index (κ2) is 6.05. The Morgan fingerprint density at radius 2 is 2.28 bits per heavy atom. The Bertz CT molecular complexity index is 407. The van der Waals surface area contributed by atoms with Crippen LogP contribution in [0, 0.1) is 12.8 Å². The predicted molar refractivity (Wildman–Crippen MR) is 76.3 cm³/mol. The van der Waals surface area contributed by atoms with Crippen molar-refractivity contribution in [1.29, 1.82) is 0 Å². The van der Waals surface area contributed by atoms with Crippen LogP contribution >= 0.6 is 11.6 Å². The van der Waals surface area contributed by atoms with Gasteiger partial charge >= 0.3 is 0 Å². The number of nitrogens with one attached hydrogen (secondary N) is 1. The Morgan fingerprint density at radius 1 is 1.50 bits per heavy atom. The molecule has 0 spiro atoms. The van der Waals surface area contributed by atoms with E-state index in [1.165, 1.54) is 11.1 Å². The molecule has 100 valence electrons. The Morgan fingerprint density at radius 3 is 2.83 bits per heavy atom. The lowest BCUT2D eigenvalue weighted by Gasteiger charge is -2.26. The van der Waals surface area contributed by atoms with Crippen LogP contribution in [-0.2, 0) is 11.2 Å². The second-order valence-electron chi connectivity index (χ2n) is 5.22. The molecule has 0 aliphatic carbocycles. The van der Waals surface area contributed by atoms with Crippen molar-refractivity contribution in [3.05, 3.63) is 34.3 Å². The van der Waals surface area contributed by atoms with Gasteiger partial charge in [-0.05, 0) is 50.9 Å². The zero-order chi connectivity index (χ0) is 13.1. The third-order valence-electron chi connectivity index (χ3n) is 3.97. The summed E-state index contributed by atoms with van der Waals surface area (Å²) in [6.07, 6.45) is 2.44. The lowest BCUT2D eigenvalue weighted by molar-refractivity contribution is 0.0963. The molecule has 3 heteroatoms. The number of likely N-dealkylation sites (N-methyl/N-ethyl adjacent to an activating group) is 1. The summed E-state index contributed by atoms with van der Waals surface area (Å²) in [7, 11) is 2.03. The van der Waals surface area contributed by atoms with E-state index in [-0.39, 0.29) is 0 Å². The monoisotopic (exact) mass is 267 g/mol. The van der Waals surface area contributed by atoms with Crippen LogP contribution in [0.2, 0.25) is 5.02 Å². The Kier molecular flexibility index (Phi) is 4.66. The van der Waals surface area contributed by atoms with E-state index in [4.69, 9.17) is 16.3 Å². The summed E-state index contributed by atoms with van der Waals surface area (Å²) in [5, 5.41) is 4.30. The fourth-order valence-electron chi connectivity index (χ4n) is 2.80. The van der Waals surface area contributed by atoms with Crippen LogP contribution in [0.3, 0.4) is 0 Å². The van der Waals surface area contributed by atoms with Gasteiger partial charge in [-0.3, -0.25) is 0 Å². The highest BCUT2D eigenvalue weighted by atomic mass is 35.5. The van der Waals surface area contributed by atoms with Crippen molar-refractivity contribution >= 4 is 11.6 Å². The second-order valence-corrected chi connectivity index (χ2v) is 5.63. The molecule has 0 bridgehead atoms. The minimum Gasteiger partial charge on any atom is -0.378 e. The first kappa shape index (κ1) is 13.9. The van der Waals surface area contributed by atoms with E-state index in [0.29, 0.717) is 18.1 Å². The van der Waals surface area contributed by atoms with E-state index < -0.39 is 0 Å². The summed E-state index contributed by atoms with van der Waals surface area (Å²) in [5.41, 5.74) is 2.43. The zero-order valence-corrected chi connectivity index (χ0v) is 12.1. The van der Waals surface area contributed by atoms with Crippen LogP contribution in [0.4, 0.5) is 0 Å². The maximum Gasteiger partial charge on any atom is 0.0590 e. The van der Waals surface area contributed by atoms with Gasteiger partial charge in [0.15, 0.2) is 0 Å². The summed E-state index contributed by atoms with van der Waals surface area (Å²) >= 11 is 6.31. The van der Waals surface area contributed by atoms with Crippen molar-refractivity contribution in [3.63, 3.8) is 0 Å². The molecule has 0 radical (unpaired) electrons. The number of hydrogen-bond donors (Lipinski definition) is 1. The van der Waals surface area contributed by atoms with Crippen LogP contribution in [0.25, 0.3) is 0 Å². The quantitative estimate of drug-likeness (QED) is 0.905. The van der Waals surface area contributed by atoms with Crippen LogP contribution in [0.1, 0.15) is 24.5 Å². The molecule has 0 saturated carbocycles. The Labute approximate surface area is 115 Å². The van der Waals surface area contributed by atoms with Crippen LogP contribution in [-0.4, -0.2) is 25.8 Å². The molecule has 1 saturated heterocycles. The van der Waals surface area contributed by atoms with Crippen LogP contribution in [0.5, 0.6) is 0 Å². The molecule has 1 heterocycles. The largest absolute Gasteiger partial charge is 0.378 e. The first-order valence-electron chi connectivity index (χ1n) is 6.65. The van der Waals surface area contributed by atoms with Crippen molar-refractivity contribution in [2.24, 2.45) is 5.92 Å². The third kappa shape index (κ3) is 3.05. The van der Waals surface area contributed by atoms with E-state index in [0.717, 1.165) is 24.5 Å². The molecule has 0 aromatic heterocycles. The van der Waals surface area contributed by atoms with Crippen molar-refractivity contribution in [2.45, 2.75) is 38.8 Å². The number of aryl methyl sites for hydroxylation is 1. The summed E-state index contributed by atoms with van der Waals surface area (Å²) < 4.78 is 5.66. The molecule has 1 aliphatic heterocycles. The molecule has 1 N–H and O–H groups in total. The van der Waals surface area contributed by atoms with E-state index >= 15 is 0 Å². The standard InChI is InChI=1S/C15H22ClNO/c1-10-4-5-12(14(16)8-10)9-15(17-3)13-6-7-18-11(13)2/h4-5,8,11,13,15,17H,6-7,9H2,1-3H3. The van der Waals surface area contributed by atoms with Crippen molar-refractivity contribution < 1.29 is 4.74 Å².